The molecule has 0 amide bonds. The molecule has 1 aromatic rings. The molecule has 0 bridgehead atoms. The molecule has 1 aromatic carbocycles. The summed E-state index contributed by atoms with van der Waals surface area (Å²) in [5.41, 5.74) is 2.51. The van der Waals surface area contributed by atoms with Gasteiger partial charge in [-0.3, -0.25) is 0 Å². The summed E-state index contributed by atoms with van der Waals surface area (Å²) in [6.07, 6.45) is 1.07. The number of aryl methyl sites for hydroxylation is 1. The minimum atomic E-state index is 0.200. The van der Waals surface area contributed by atoms with Crippen molar-refractivity contribution in [1.82, 2.24) is 0 Å². The Morgan fingerprint density at radius 1 is 1.23 bits per heavy atom. The first-order valence-electron chi connectivity index (χ1n) is 4.69. The monoisotopic (exact) mass is 179 g/mol. The summed E-state index contributed by atoms with van der Waals surface area (Å²) < 4.78 is 0. The first-order valence-corrected chi connectivity index (χ1v) is 4.69. The molecule has 0 saturated heterocycles. The third kappa shape index (κ3) is 2.74. The fourth-order valence-electron chi connectivity index (χ4n) is 1.27. The van der Waals surface area contributed by atoms with E-state index < -0.39 is 0 Å². The van der Waals surface area contributed by atoms with Gasteiger partial charge in [0.05, 0.1) is 6.61 Å². The van der Waals surface area contributed by atoms with Crippen molar-refractivity contribution in [2.45, 2.75) is 13.3 Å². The molecular weight excluding hydrogens is 162 g/mol. The molecule has 0 spiro atoms. The van der Waals surface area contributed by atoms with Crippen molar-refractivity contribution in [3.63, 3.8) is 0 Å². The number of hydrogen-bond acceptors (Lipinski definition) is 2. The Balaban J connectivity index is 2.67. The fourth-order valence-corrected chi connectivity index (χ4v) is 1.27. The lowest BCUT2D eigenvalue weighted by molar-refractivity contribution is 0.304. The molecule has 2 nitrogen and oxygen atoms in total. The number of benzene rings is 1. The Labute approximate surface area is 79.8 Å². The molecular formula is C11H17NO. The molecule has 0 aliphatic carbocycles. The molecule has 0 saturated carbocycles. The van der Waals surface area contributed by atoms with Crippen molar-refractivity contribution in [1.29, 1.82) is 0 Å². The van der Waals surface area contributed by atoms with Crippen molar-refractivity contribution in [3.05, 3.63) is 29.8 Å². The first-order chi connectivity index (χ1) is 6.27. The van der Waals surface area contributed by atoms with Crippen molar-refractivity contribution in [2.75, 3.05) is 25.1 Å². The fraction of sp³-hybridized carbons (Fsp3) is 0.455. The zero-order valence-electron chi connectivity index (χ0n) is 8.33. The van der Waals surface area contributed by atoms with Gasteiger partial charge in [0.15, 0.2) is 0 Å². The molecule has 0 aromatic heterocycles. The predicted octanol–water partition coefficient (Wildman–Crippen LogP) is 1.68. The smallest absolute Gasteiger partial charge is 0.0606 e. The van der Waals surface area contributed by atoms with Crippen molar-refractivity contribution < 1.29 is 5.11 Å². The molecule has 0 radical (unpaired) electrons. The lowest BCUT2D eigenvalue weighted by Crippen LogP contribution is -2.20. The number of rotatable bonds is 4. The molecule has 0 heterocycles. The minimum absolute atomic E-state index is 0.200. The third-order valence-corrected chi connectivity index (χ3v) is 2.22. The zero-order chi connectivity index (χ0) is 9.68. The molecule has 1 N–H and O–H groups in total. The van der Waals surface area contributed by atoms with E-state index in [0.29, 0.717) is 6.54 Å². The van der Waals surface area contributed by atoms with Gasteiger partial charge in [0, 0.05) is 19.3 Å². The SMILES string of the molecule is CCc1ccc(N(C)CCO)cc1. The second-order valence-electron chi connectivity index (χ2n) is 3.17. The van der Waals surface area contributed by atoms with E-state index >= 15 is 0 Å². The van der Waals surface area contributed by atoms with Gasteiger partial charge in [0.25, 0.3) is 0 Å². The first kappa shape index (κ1) is 10.1. The number of anilines is 1. The molecule has 0 unspecified atom stereocenters. The average Bonchev–Trinajstić information content (AvgIpc) is 2.18. The van der Waals surface area contributed by atoms with Gasteiger partial charge < -0.3 is 10.0 Å². The average molecular weight is 179 g/mol. The van der Waals surface area contributed by atoms with E-state index in [1.807, 2.05) is 11.9 Å². The van der Waals surface area contributed by atoms with E-state index in [2.05, 4.69) is 31.2 Å². The van der Waals surface area contributed by atoms with E-state index in [0.717, 1.165) is 12.1 Å². The normalized spacial score (nSPS) is 10.1. The van der Waals surface area contributed by atoms with Crippen LogP contribution in [0.2, 0.25) is 0 Å². The Bertz CT molecular complexity index is 243. The second kappa shape index (κ2) is 4.87. The molecule has 0 aliphatic rings. The summed E-state index contributed by atoms with van der Waals surface area (Å²) in [5.74, 6) is 0. The van der Waals surface area contributed by atoms with E-state index in [1.54, 1.807) is 0 Å². The van der Waals surface area contributed by atoms with E-state index in [-0.39, 0.29) is 6.61 Å². The van der Waals surface area contributed by atoms with Gasteiger partial charge >= 0.3 is 0 Å². The summed E-state index contributed by atoms with van der Waals surface area (Å²) >= 11 is 0. The van der Waals surface area contributed by atoms with Crippen LogP contribution in [0.3, 0.4) is 0 Å². The summed E-state index contributed by atoms with van der Waals surface area (Å²) in [6, 6.07) is 8.44. The minimum Gasteiger partial charge on any atom is -0.395 e. The molecule has 72 valence electrons. The molecule has 0 atom stereocenters. The van der Waals surface area contributed by atoms with Crippen LogP contribution in [0.1, 0.15) is 12.5 Å². The highest BCUT2D eigenvalue weighted by molar-refractivity contribution is 5.46. The molecule has 13 heavy (non-hydrogen) atoms. The van der Waals surface area contributed by atoms with Crippen LogP contribution in [-0.4, -0.2) is 25.3 Å². The zero-order valence-corrected chi connectivity index (χ0v) is 8.33. The van der Waals surface area contributed by atoms with Crippen molar-refractivity contribution in [2.24, 2.45) is 0 Å². The maximum atomic E-state index is 8.76. The van der Waals surface area contributed by atoms with Gasteiger partial charge in [-0.15, -0.1) is 0 Å². The largest absolute Gasteiger partial charge is 0.395 e. The van der Waals surface area contributed by atoms with Gasteiger partial charge in [0.1, 0.15) is 0 Å². The van der Waals surface area contributed by atoms with Gasteiger partial charge in [-0.2, -0.15) is 0 Å². The van der Waals surface area contributed by atoms with Crippen LogP contribution >= 0.6 is 0 Å². The lowest BCUT2D eigenvalue weighted by Gasteiger charge is -2.17. The van der Waals surface area contributed by atoms with Crippen LogP contribution in [0.25, 0.3) is 0 Å². The van der Waals surface area contributed by atoms with Crippen LogP contribution < -0.4 is 4.90 Å². The van der Waals surface area contributed by atoms with E-state index in [9.17, 15) is 0 Å². The highest BCUT2D eigenvalue weighted by atomic mass is 16.3. The summed E-state index contributed by atoms with van der Waals surface area (Å²) in [7, 11) is 1.98. The highest BCUT2D eigenvalue weighted by Crippen LogP contribution is 2.13. The van der Waals surface area contributed by atoms with Gasteiger partial charge in [0.2, 0.25) is 0 Å². The number of likely N-dealkylation sites (N-methyl/N-ethyl adjacent to an activating group) is 1. The Morgan fingerprint density at radius 2 is 1.85 bits per heavy atom. The summed E-state index contributed by atoms with van der Waals surface area (Å²) in [4.78, 5) is 2.04. The number of hydrogen-bond donors (Lipinski definition) is 1. The maximum Gasteiger partial charge on any atom is 0.0606 e. The quantitative estimate of drug-likeness (QED) is 0.760. The number of nitrogens with zero attached hydrogens (tertiary/aromatic N) is 1. The van der Waals surface area contributed by atoms with Gasteiger partial charge in [-0.25, -0.2) is 0 Å². The lowest BCUT2D eigenvalue weighted by atomic mass is 10.1. The highest BCUT2D eigenvalue weighted by Gasteiger charge is 1.98. The van der Waals surface area contributed by atoms with Gasteiger partial charge in [-0.1, -0.05) is 19.1 Å². The summed E-state index contributed by atoms with van der Waals surface area (Å²) in [6.45, 7) is 3.03. The Kier molecular flexibility index (Phi) is 3.77. The van der Waals surface area contributed by atoms with Crippen LogP contribution in [0.4, 0.5) is 5.69 Å². The van der Waals surface area contributed by atoms with Crippen LogP contribution in [0.5, 0.6) is 0 Å². The summed E-state index contributed by atoms with van der Waals surface area (Å²) in [5, 5.41) is 8.76. The molecule has 0 fully saturated rings. The maximum absolute atomic E-state index is 8.76. The Morgan fingerprint density at radius 3 is 2.31 bits per heavy atom. The molecule has 1 rings (SSSR count). The number of aliphatic hydroxyl groups is 1. The van der Waals surface area contributed by atoms with Crippen LogP contribution in [0, 0.1) is 0 Å². The molecule has 0 aliphatic heterocycles. The van der Waals surface area contributed by atoms with Gasteiger partial charge in [-0.05, 0) is 24.1 Å². The van der Waals surface area contributed by atoms with Crippen LogP contribution in [-0.2, 0) is 6.42 Å². The van der Waals surface area contributed by atoms with E-state index in [4.69, 9.17) is 5.11 Å². The number of aliphatic hydroxyl groups excluding tert-OH is 1. The second-order valence-corrected chi connectivity index (χ2v) is 3.17. The molecule has 2 heteroatoms. The topological polar surface area (TPSA) is 23.5 Å². The van der Waals surface area contributed by atoms with E-state index in [1.165, 1.54) is 5.56 Å². The van der Waals surface area contributed by atoms with Crippen LogP contribution in [0.15, 0.2) is 24.3 Å². The van der Waals surface area contributed by atoms with Crippen molar-refractivity contribution >= 4 is 5.69 Å². The Hall–Kier alpha value is -1.02. The standard InChI is InChI=1S/C11H17NO/c1-3-10-4-6-11(7-5-10)12(2)8-9-13/h4-7,13H,3,8-9H2,1-2H3. The van der Waals surface area contributed by atoms with Crippen molar-refractivity contribution in [3.8, 4) is 0 Å². The third-order valence-electron chi connectivity index (χ3n) is 2.22. The predicted molar refractivity (Wildman–Crippen MR) is 56.2 cm³/mol.